The molecule has 0 aromatic heterocycles. The van der Waals surface area contributed by atoms with Gasteiger partial charge < -0.3 is 0 Å². The Hall–Kier alpha value is -4.86. The molecule has 0 spiro atoms. The molecule has 0 bridgehead atoms. The molecule has 0 saturated heterocycles. The largest absolute Gasteiger partial charge is 0.0887 e. The molecule has 0 aliphatic rings. The zero-order valence-electron chi connectivity index (χ0n) is 25.6. The average molecular weight is 625 g/mol. The third-order valence-electron chi connectivity index (χ3n) is 9.47. The van der Waals surface area contributed by atoms with Gasteiger partial charge in [0.25, 0.3) is 0 Å². The van der Waals surface area contributed by atoms with E-state index in [-0.39, 0.29) is 0 Å². The second kappa shape index (κ2) is 11.5. The van der Waals surface area contributed by atoms with Crippen LogP contribution in [-0.4, -0.2) is 12.6 Å². The van der Waals surface area contributed by atoms with Crippen molar-refractivity contribution in [1.29, 1.82) is 0 Å². The molecule has 8 aromatic rings. The van der Waals surface area contributed by atoms with Crippen molar-refractivity contribution >= 4 is 90.5 Å². The van der Waals surface area contributed by atoms with Crippen LogP contribution in [0.5, 0.6) is 0 Å². The van der Waals surface area contributed by atoms with Crippen LogP contribution in [0, 0.1) is 0 Å². The Kier molecular flexibility index (Phi) is 7.15. The third-order valence-corrected chi connectivity index (χ3v) is 16.5. The van der Waals surface area contributed by atoms with Crippen LogP contribution in [0.2, 0.25) is 0 Å². The molecule has 8 aromatic carbocycles. The van der Waals surface area contributed by atoms with E-state index in [1.165, 1.54) is 64.1 Å². The first-order valence-electron chi connectivity index (χ1n) is 15.7. The standard InChI is InChI=1S/C44H34P2/c1-45(33-17-7-3-8-18-33,34-19-9-4-10-20-34)37-27-29-41-42-30-28-38(32-44(42)40-26-16-15-25-39(40)43(41)31-37)46(2,35-21-11-5-12-22-35)36-23-13-6-14-24-36/h3-32H,1-2H2. The summed E-state index contributed by atoms with van der Waals surface area (Å²) < 4.78 is 0. The maximum Gasteiger partial charge on any atom is -0.00924 e. The Labute approximate surface area is 271 Å². The summed E-state index contributed by atoms with van der Waals surface area (Å²) in [6, 6.07) is 66.5. The molecule has 8 rings (SSSR count). The summed E-state index contributed by atoms with van der Waals surface area (Å²) in [6.45, 7) is -4.24. The van der Waals surface area contributed by atoms with Crippen molar-refractivity contribution < 1.29 is 0 Å². The molecule has 0 unspecified atom stereocenters. The first-order chi connectivity index (χ1) is 22.6. The van der Waals surface area contributed by atoms with Crippen molar-refractivity contribution in [3.05, 3.63) is 182 Å². The van der Waals surface area contributed by atoms with Gasteiger partial charge >= 0.3 is 0 Å². The van der Waals surface area contributed by atoms with Crippen LogP contribution in [0.1, 0.15) is 0 Å². The van der Waals surface area contributed by atoms with E-state index < -0.39 is 13.8 Å². The summed E-state index contributed by atoms with van der Waals surface area (Å²) in [5.41, 5.74) is 0. The Morgan fingerprint density at radius 3 is 0.804 bits per heavy atom. The summed E-state index contributed by atoms with van der Waals surface area (Å²) in [4.78, 5) is 0. The molecule has 0 aliphatic carbocycles. The number of benzene rings is 8. The highest BCUT2D eigenvalue weighted by atomic mass is 31.2. The van der Waals surface area contributed by atoms with E-state index in [1.54, 1.807) is 0 Å². The Morgan fingerprint density at radius 2 is 0.500 bits per heavy atom. The quantitative estimate of drug-likeness (QED) is 0.128. The van der Waals surface area contributed by atoms with Crippen molar-refractivity contribution in [2.24, 2.45) is 0 Å². The predicted molar refractivity (Wildman–Crippen MR) is 211 cm³/mol. The lowest BCUT2D eigenvalue weighted by atomic mass is 9.94. The summed E-state index contributed by atoms with van der Waals surface area (Å²) in [5.74, 6) is 0. The Balaban J connectivity index is 1.40. The van der Waals surface area contributed by atoms with Crippen LogP contribution in [0.15, 0.2) is 182 Å². The van der Waals surface area contributed by atoms with Gasteiger partial charge in [-0.1, -0.05) is 182 Å². The molecule has 220 valence electrons. The van der Waals surface area contributed by atoms with Crippen molar-refractivity contribution in [2.75, 3.05) is 0 Å². The zero-order chi connectivity index (χ0) is 31.1. The van der Waals surface area contributed by atoms with E-state index in [2.05, 4.69) is 182 Å². The van der Waals surface area contributed by atoms with Gasteiger partial charge in [-0.15, -0.1) is 0 Å². The molecular formula is C44H34P2. The van der Waals surface area contributed by atoms with Crippen LogP contribution in [0.4, 0.5) is 0 Å². The Bertz CT molecular complexity index is 2160. The predicted octanol–water partition coefficient (Wildman–Crippen LogP) is 8.60. The summed E-state index contributed by atoms with van der Waals surface area (Å²) in [5, 5.41) is 15.3. The summed E-state index contributed by atoms with van der Waals surface area (Å²) >= 11 is 0. The van der Waals surface area contributed by atoms with E-state index in [9.17, 15) is 0 Å². The molecule has 0 amide bonds. The van der Waals surface area contributed by atoms with E-state index in [4.69, 9.17) is 12.6 Å². The van der Waals surface area contributed by atoms with E-state index >= 15 is 0 Å². The zero-order valence-corrected chi connectivity index (χ0v) is 27.4. The normalized spacial score (nSPS) is 12.1. The van der Waals surface area contributed by atoms with E-state index in [1.807, 2.05) is 0 Å². The highest BCUT2D eigenvalue weighted by molar-refractivity contribution is 7.93. The molecular weight excluding hydrogens is 590 g/mol. The average Bonchev–Trinajstić information content (AvgIpc) is 3.15. The molecule has 0 nitrogen and oxygen atoms in total. The summed E-state index contributed by atoms with van der Waals surface area (Å²) in [7, 11) is 0. The van der Waals surface area contributed by atoms with Crippen LogP contribution in [0.3, 0.4) is 0 Å². The van der Waals surface area contributed by atoms with E-state index in [0.29, 0.717) is 0 Å². The van der Waals surface area contributed by atoms with Crippen LogP contribution < -0.4 is 31.8 Å². The van der Waals surface area contributed by atoms with Crippen LogP contribution in [-0.2, 0) is 0 Å². The maximum absolute atomic E-state index is 5.03. The lowest BCUT2D eigenvalue weighted by Crippen LogP contribution is -2.25. The molecule has 2 heteroatoms. The van der Waals surface area contributed by atoms with Crippen molar-refractivity contribution in [3.63, 3.8) is 0 Å². The number of hydrogen-bond donors (Lipinski definition) is 0. The smallest absolute Gasteiger partial charge is 0.00924 e. The first-order valence-corrected chi connectivity index (χ1v) is 19.6. The monoisotopic (exact) mass is 624 g/mol. The Morgan fingerprint density at radius 1 is 0.239 bits per heavy atom. The molecule has 0 heterocycles. The van der Waals surface area contributed by atoms with Crippen molar-refractivity contribution in [1.82, 2.24) is 0 Å². The van der Waals surface area contributed by atoms with Gasteiger partial charge in [-0.2, -0.15) is 0 Å². The molecule has 0 aliphatic heterocycles. The molecule has 46 heavy (non-hydrogen) atoms. The highest BCUT2D eigenvalue weighted by Gasteiger charge is 2.25. The number of fused-ring (bicyclic) bond motifs is 6. The lowest BCUT2D eigenvalue weighted by molar-refractivity contribution is 1.74. The van der Waals surface area contributed by atoms with Gasteiger partial charge in [0.1, 0.15) is 0 Å². The second-order valence-electron chi connectivity index (χ2n) is 12.0. The van der Waals surface area contributed by atoms with Crippen LogP contribution >= 0.6 is 13.8 Å². The van der Waals surface area contributed by atoms with Gasteiger partial charge in [0, 0.05) is 0 Å². The molecule has 0 atom stereocenters. The lowest BCUT2D eigenvalue weighted by Gasteiger charge is -2.28. The third kappa shape index (κ3) is 4.53. The summed E-state index contributed by atoms with van der Waals surface area (Å²) in [6.07, 6.45) is 10.1. The van der Waals surface area contributed by atoms with Crippen LogP contribution in [0.25, 0.3) is 32.3 Å². The van der Waals surface area contributed by atoms with Gasteiger partial charge in [-0.3, -0.25) is 0 Å². The van der Waals surface area contributed by atoms with Gasteiger partial charge in [-0.05, 0) is 90.0 Å². The fourth-order valence-electron chi connectivity index (χ4n) is 7.03. The SMILES string of the molecule is C=P(c1ccccc1)(c1ccccc1)c1ccc2c3ccc(P(=C)(c4ccccc4)c4ccccc4)cc3c3ccccc3c2c1. The number of hydrogen-bond acceptors (Lipinski definition) is 0. The topological polar surface area (TPSA) is 0 Å². The van der Waals surface area contributed by atoms with Crippen molar-refractivity contribution in [3.8, 4) is 0 Å². The minimum atomic E-state index is -2.12. The van der Waals surface area contributed by atoms with Gasteiger partial charge in [0.15, 0.2) is 0 Å². The minimum absolute atomic E-state index is 1.27. The molecule has 0 radical (unpaired) electrons. The fraction of sp³-hybridized carbons (Fsp3) is 0. The molecule has 0 saturated carbocycles. The fourth-order valence-corrected chi connectivity index (χ4v) is 12.9. The minimum Gasteiger partial charge on any atom is -0.0887 e. The second-order valence-corrected chi connectivity index (χ2v) is 18.3. The molecule has 0 fully saturated rings. The van der Waals surface area contributed by atoms with Gasteiger partial charge in [0.05, 0.1) is 0 Å². The maximum atomic E-state index is 5.03. The number of rotatable bonds is 6. The molecule has 0 N–H and O–H groups in total. The van der Waals surface area contributed by atoms with E-state index in [0.717, 1.165) is 0 Å². The first kappa shape index (κ1) is 28.6. The van der Waals surface area contributed by atoms with Crippen molar-refractivity contribution in [2.45, 2.75) is 0 Å². The van der Waals surface area contributed by atoms with Gasteiger partial charge in [0.2, 0.25) is 0 Å². The highest BCUT2D eigenvalue weighted by Crippen LogP contribution is 2.46. The van der Waals surface area contributed by atoms with Gasteiger partial charge in [-0.25, -0.2) is 0 Å².